The summed E-state index contributed by atoms with van der Waals surface area (Å²) in [5.41, 5.74) is 0. The number of likely N-dealkylation sites (tertiary alicyclic amines) is 1. The van der Waals surface area contributed by atoms with E-state index in [9.17, 15) is 4.79 Å². The number of halogens is 1. The second kappa shape index (κ2) is 10.8. The number of thioether (sulfide) groups is 1. The van der Waals surface area contributed by atoms with Gasteiger partial charge in [0.1, 0.15) is 0 Å². The molecule has 0 saturated carbocycles. The Bertz CT molecular complexity index is 244. The van der Waals surface area contributed by atoms with E-state index >= 15 is 0 Å². The zero-order valence-corrected chi connectivity index (χ0v) is 14.1. The van der Waals surface area contributed by atoms with Crippen LogP contribution in [0.5, 0.6) is 0 Å². The van der Waals surface area contributed by atoms with Gasteiger partial charge in [0.15, 0.2) is 0 Å². The fourth-order valence-electron chi connectivity index (χ4n) is 2.24. The van der Waals surface area contributed by atoms with E-state index in [4.69, 9.17) is 0 Å². The van der Waals surface area contributed by atoms with Crippen molar-refractivity contribution in [1.82, 2.24) is 10.2 Å². The van der Waals surface area contributed by atoms with Gasteiger partial charge in [-0.2, -0.15) is 11.8 Å². The van der Waals surface area contributed by atoms with Gasteiger partial charge in [-0.1, -0.05) is 13.8 Å². The van der Waals surface area contributed by atoms with Gasteiger partial charge in [-0.15, -0.1) is 12.4 Å². The molecule has 1 rings (SSSR count). The van der Waals surface area contributed by atoms with Crippen LogP contribution in [0.4, 0.5) is 0 Å². The van der Waals surface area contributed by atoms with E-state index in [1.165, 1.54) is 6.42 Å². The molecule has 1 aliphatic rings. The molecule has 114 valence electrons. The highest BCUT2D eigenvalue weighted by atomic mass is 35.5. The van der Waals surface area contributed by atoms with Crippen LogP contribution in [-0.4, -0.2) is 49.0 Å². The summed E-state index contributed by atoms with van der Waals surface area (Å²) in [6.07, 6.45) is 3.52. The molecule has 3 nitrogen and oxygen atoms in total. The molecule has 1 N–H and O–H groups in total. The number of carbonyl (C=O) groups is 1. The summed E-state index contributed by atoms with van der Waals surface area (Å²) in [4.78, 5) is 14.0. The molecule has 1 fully saturated rings. The predicted molar refractivity (Wildman–Crippen MR) is 87.3 cm³/mol. The van der Waals surface area contributed by atoms with Gasteiger partial charge in [-0.05, 0) is 50.4 Å². The van der Waals surface area contributed by atoms with Crippen molar-refractivity contribution in [2.75, 3.05) is 38.2 Å². The Hall–Kier alpha value is 0.0700. The molecule has 0 aromatic heterocycles. The highest BCUT2D eigenvalue weighted by molar-refractivity contribution is 7.99. The Kier molecular flexibility index (Phi) is 10.8. The van der Waals surface area contributed by atoms with E-state index in [0.717, 1.165) is 50.1 Å². The van der Waals surface area contributed by atoms with Crippen molar-refractivity contribution in [1.29, 1.82) is 0 Å². The summed E-state index contributed by atoms with van der Waals surface area (Å²) in [5, 5.41) is 3.23. The van der Waals surface area contributed by atoms with Gasteiger partial charge in [0.25, 0.3) is 0 Å². The molecule has 0 aromatic rings. The quantitative estimate of drug-likeness (QED) is 0.734. The number of amides is 1. The van der Waals surface area contributed by atoms with Gasteiger partial charge >= 0.3 is 0 Å². The Balaban J connectivity index is 0.00000324. The molecule has 19 heavy (non-hydrogen) atoms. The summed E-state index contributed by atoms with van der Waals surface area (Å²) in [5.74, 6) is 3.62. The van der Waals surface area contributed by atoms with E-state index in [-0.39, 0.29) is 12.4 Å². The number of hydrogen-bond acceptors (Lipinski definition) is 3. The van der Waals surface area contributed by atoms with Crippen molar-refractivity contribution >= 4 is 30.1 Å². The number of carbonyl (C=O) groups excluding carboxylic acids is 1. The molecule has 0 aliphatic carbocycles. The number of hydrogen-bond donors (Lipinski definition) is 1. The van der Waals surface area contributed by atoms with E-state index in [1.54, 1.807) is 11.8 Å². The van der Waals surface area contributed by atoms with Crippen LogP contribution < -0.4 is 5.32 Å². The van der Waals surface area contributed by atoms with Crippen LogP contribution in [0.15, 0.2) is 0 Å². The molecule has 1 heterocycles. The maximum atomic E-state index is 12.0. The first-order valence-corrected chi connectivity index (χ1v) is 8.29. The molecule has 5 heteroatoms. The minimum Gasteiger partial charge on any atom is -0.342 e. The highest BCUT2D eigenvalue weighted by Gasteiger charge is 2.21. The summed E-state index contributed by atoms with van der Waals surface area (Å²) in [6.45, 7) is 7.46. The Morgan fingerprint density at radius 1 is 1.37 bits per heavy atom. The molecule has 0 unspecified atom stereocenters. The normalized spacial score (nSPS) is 16.5. The second-order valence-corrected chi connectivity index (χ2v) is 6.72. The Labute approximate surface area is 128 Å². The number of nitrogens with one attached hydrogen (secondary N) is 1. The average molecular weight is 309 g/mol. The first kappa shape index (κ1) is 19.1. The van der Waals surface area contributed by atoms with Crippen LogP contribution in [-0.2, 0) is 4.79 Å². The summed E-state index contributed by atoms with van der Waals surface area (Å²) in [7, 11) is 2.00. The van der Waals surface area contributed by atoms with Crippen LogP contribution in [0.3, 0.4) is 0 Å². The molecular weight excluding hydrogens is 280 g/mol. The average Bonchev–Trinajstić information content (AvgIpc) is 2.35. The van der Waals surface area contributed by atoms with Gasteiger partial charge in [0, 0.05) is 13.1 Å². The fraction of sp³-hybridized carbons (Fsp3) is 0.929. The third-order valence-electron chi connectivity index (χ3n) is 3.53. The lowest BCUT2D eigenvalue weighted by molar-refractivity contribution is -0.129. The van der Waals surface area contributed by atoms with Crippen LogP contribution in [0.25, 0.3) is 0 Å². The third-order valence-corrected chi connectivity index (χ3v) is 4.50. The molecular formula is C14H29ClN2OS. The highest BCUT2D eigenvalue weighted by Crippen LogP contribution is 2.17. The van der Waals surface area contributed by atoms with Gasteiger partial charge < -0.3 is 10.2 Å². The minimum absolute atomic E-state index is 0. The molecule has 1 saturated heterocycles. The monoisotopic (exact) mass is 308 g/mol. The zero-order valence-electron chi connectivity index (χ0n) is 12.5. The summed E-state index contributed by atoms with van der Waals surface area (Å²) in [6, 6.07) is 0. The fourth-order valence-corrected chi connectivity index (χ4v) is 3.38. The van der Waals surface area contributed by atoms with E-state index < -0.39 is 0 Å². The molecule has 0 bridgehead atoms. The van der Waals surface area contributed by atoms with Gasteiger partial charge in [0.2, 0.25) is 5.91 Å². The predicted octanol–water partition coefficient (Wildman–Crippen LogP) is 2.65. The van der Waals surface area contributed by atoms with Crippen molar-refractivity contribution in [2.45, 2.75) is 33.1 Å². The largest absolute Gasteiger partial charge is 0.342 e. The van der Waals surface area contributed by atoms with Crippen molar-refractivity contribution in [3.05, 3.63) is 0 Å². The molecule has 0 spiro atoms. The van der Waals surface area contributed by atoms with Gasteiger partial charge in [-0.3, -0.25) is 4.79 Å². The van der Waals surface area contributed by atoms with Crippen molar-refractivity contribution in [3.63, 3.8) is 0 Å². The standard InChI is InChI=1S/C14H28N2OS.ClH/c1-12(2)6-9-18-11-14(17)16-7-4-13(5-8-16)10-15-3;/h12-13,15H,4-11H2,1-3H3;1H. The molecule has 0 radical (unpaired) electrons. The van der Waals surface area contributed by atoms with Gasteiger partial charge in [-0.25, -0.2) is 0 Å². The summed E-state index contributed by atoms with van der Waals surface area (Å²) < 4.78 is 0. The molecule has 0 atom stereocenters. The van der Waals surface area contributed by atoms with E-state index in [1.807, 2.05) is 7.05 Å². The SMILES string of the molecule is CNCC1CCN(C(=O)CSCCC(C)C)CC1.Cl. The van der Waals surface area contributed by atoms with Crippen LogP contribution in [0.2, 0.25) is 0 Å². The lowest BCUT2D eigenvalue weighted by Gasteiger charge is -2.32. The molecule has 1 amide bonds. The lowest BCUT2D eigenvalue weighted by atomic mass is 9.97. The first-order chi connectivity index (χ1) is 8.63. The molecule has 1 aliphatic heterocycles. The third kappa shape index (κ3) is 8.05. The smallest absolute Gasteiger partial charge is 0.232 e. The maximum absolute atomic E-state index is 12.0. The van der Waals surface area contributed by atoms with Crippen molar-refractivity contribution in [2.24, 2.45) is 11.8 Å². The van der Waals surface area contributed by atoms with Crippen LogP contribution >= 0.6 is 24.2 Å². The Morgan fingerprint density at radius 2 is 2.00 bits per heavy atom. The Morgan fingerprint density at radius 3 is 2.53 bits per heavy atom. The second-order valence-electron chi connectivity index (χ2n) is 5.62. The van der Waals surface area contributed by atoms with Crippen LogP contribution in [0.1, 0.15) is 33.1 Å². The zero-order chi connectivity index (χ0) is 13.4. The van der Waals surface area contributed by atoms with Crippen molar-refractivity contribution < 1.29 is 4.79 Å². The first-order valence-electron chi connectivity index (χ1n) is 7.13. The summed E-state index contributed by atoms with van der Waals surface area (Å²) >= 11 is 1.79. The van der Waals surface area contributed by atoms with Crippen LogP contribution in [0, 0.1) is 11.8 Å². The maximum Gasteiger partial charge on any atom is 0.232 e. The number of rotatable bonds is 7. The van der Waals surface area contributed by atoms with E-state index in [0.29, 0.717) is 11.7 Å². The van der Waals surface area contributed by atoms with Crippen molar-refractivity contribution in [3.8, 4) is 0 Å². The number of piperidine rings is 1. The van der Waals surface area contributed by atoms with E-state index in [2.05, 4.69) is 24.1 Å². The lowest BCUT2D eigenvalue weighted by Crippen LogP contribution is -2.41. The topological polar surface area (TPSA) is 32.3 Å². The van der Waals surface area contributed by atoms with Gasteiger partial charge in [0.05, 0.1) is 5.75 Å². The molecule has 0 aromatic carbocycles. The minimum atomic E-state index is 0. The number of nitrogens with zero attached hydrogens (tertiary/aromatic N) is 1.